The van der Waals surface area contributed by atoms with Gasteiger partial charge in [-0.05, 0) is 54.6 Å². The third-order valence-corrected chi connectivity index (χ3v) is 13.1. The Morgan fingerprint density at radius 1 is 0.286 bits per heavy atom. The van der Waals surface area contributed by atoms with E-state index in [1.807, 2.05) is 60.7 Å². The lowest BCUT2D eigenvalue weighted by molar-refractivity contribution is 0.669. The van der Waals surface area contributed by atoms with Crippen LogP contribution in [0.4, 0.5) is 0 Å². The molecule has 9 aromatic carbocycles. The standard InChI is InChI=1S/C56H29N5O2/c57-30-32-25-33(31-58)55(61-47-22-10-4-16-37(47)41-27-43-39-18-6-12-24-51(39)63-53(43)29-49(41)61)56(59-44-19-7-1-13-34(44)35-14-2-8-20-45(35)59)54(32)60-46-21-9-3-15-36(46)40-26-42-38-17-5-11-23-50(38)62-52(42)28-48(40)60/h1-29H. The molecule has 0 aliphatic rings. The maximum absolute atomic E-state index is 11.4. The van der Waals surface area contributed by atoms with Gasteiger partial charge in [0.15, 0.2) is 0 Å². The molecule has 0 atom stereocenters. The molecule has 290 valence electrons. The summed E-state index contributed by atoms with van der Waals surface area (Å²) in [7, 11) is 0. The van der Waals surface area contributed by atoms with Crippen LogP contribution in [0, 0.1) is 22.7 Å². The molecule has 5 aromatic heterocycles. The van der Waals surface area contributed by atoms with E-state index >= 15 is 0 Å². The molecule has 0 spiro atoms. The first-order valence-electron chi connectivity index (χ1n) is 20.9. The summed E-state index contributed by atoms with van der Waals surface area (Å²) in [6.07, 6.45) is 0. The zero-order chi connectivity index (χ0) is 41.5. The fraction of sp³-hybridized carbons (Fsp3) is 0. The Bertz CT molecular complexity index is 4140. The van der Waals surface area contributed by atoms with Gasteiger partial charge in [0, 0.05) is 66.0 Å². The first-order valence-corrected chi connectivity index (χ1v) is 20.9. The second kappa shape index (κ2) is 12.3. The average Bonchev–Trinajstić information content (AvgIpc) is 4.13. The maximum Gasteiger partial charge on any atom is 0.137 e. The van der Waals surface area contributed by atoms with Crippen LogP contribution in [0.2, 0.25) is 0 Å². The number of hydrogen-bond acceptors (Lipinski definition) is 4. The van der Waals surface area contributed by atoms with Crippen LogP contribution in [0.25, 0.3) is 126 Å². The molecule has 7 heteroatoms. The molecule has 0 bridgehead atoms. The molecule has 7 nitrogen and oxygen atoms in total. The second-order valence-corrected chi connectivity index (χ2v) is 16.2. The molecule has 0 N–H and O–H groups in total. The number of rotatable bonds is 3. The molecular weight excluding hydrogens is 775 g/mol. The van der Waals surface area contributed by atoms with Crippen LogP contribution in [-0.2, 0) is 0 Å². The quantitative estimate of drug-likeness (QED) is 0.178. The first kappa shape index (κ1) is 33.8. The minimum absolute atomic E-state index is 0.361. The number of nitrogens with zero attached hydrogens (tertiary/aromatic N) is 5. The predicted molar refractivity (Wildman–Crippen MR) is 253 cm³/mol. The molecule has 63 heavy (non-hydrogen) atoms. The van der Waals surface area contributed by atoms with Crippen LogP contribution in [-0.4, -0.2) is 13.7 Å². The van der Waals surface area contributed by atoms with Crippen LogP contribution in [0.1, 0.15) is 11.1 Å². The Balaban J connectivity index is 1.24. The number of nitriles is 2. The Hall–Kier alpha value is -9.04. The molecule has 5 heterocycles. The van der Waals surface area contributed by atoms with Crippen LogP contribution >= 0.6 is 0 Å². The van der Waals surface area contributed by atoms with Gasteiger partial charge in [-0.1, -0.05) is 109 Å². The van der Waals surface area contributed by atoms with Crippen molar-refractivity contribution in [3.05, 3.63) is 187 Å². The van der Waals surface area contributed by atoms with E-state index in [2.05, 4.69) is 135 Å². The van der Waals surface area contributed by atoms with Gasteiger partial charge in [0.1, 0.15) is 34.5 Å². The summed E-state index contributed by atoms with van der Waals surface area (Å²) in [5.41, 5.74) is 11.3. The number of hydrogen-bond donors (Lipinski definition) is 0. The number of aromatic nitrogens is 3. The lowest BCUT2D eigenvalue weighted by atomic mass is 10.0. The van der Waals surface area contributed by atoms with Gasteiger partial charge in [0.2, 0.25) is 0 Å². The first-order chi connectivity index (χ1) is 31.2. The monoisotopic (exact) mass is 803 g/mol. The van der Waals surface area contributed by atoms with Crippen molar-refractivity contribution in [1.82, 2.24) is 13.7 Å². The van der Waals surface area contributed by atoms with Gasteiger partial charge >= 0.3 is 0 Å². The third kappa shape index (κ3) is 4.39. The predicted octanol–water partition coefficient (Wildman–Crippen LogP) is 14.5. The maximum atomic E-state index is 11.4. The van der Waals surface area contributed by atoms with Crippen molar-refractivity contribution in [2.45, 2.75) is 0 Å². The van der Waals surface area contributed by atoms with Gasteiger partial charge in [0.25, 0.3) is 0 Å². The third-order valence-electron chi connectivity index (χ3n) is 13.1. The van der Waals surface area contributed by atoms with Gasteiger partial charge in [-0.2, -0.15) is 10.5 Å². The van der Waals surface area contributed by atoms with Crippen molar-refractivity contribution in [2.75, 3.05) is 0 Å². The highest BCUT2D eigenvalue weighted by Crippen LogP contribution is 2.47. The summed E-state index contributed by atoms with van der Waals surface area (Å²) >= 11 is 0. The summed E-state index contributed by atoms with van der Waals surface area (Å²) < 4.78 is 19.8. The Kier molecular flexibility index (Phi) is 6.57. The highest BCUT2D eigenvalue weighted by molar-refractivity contribution is 6.20. The van der Waals surface area contributed by atoms with Crippen molar-refractivity contribution in [3.63, 3.8) is 0 Å². The highest BCUT2D eigenvalue weighted by Gasteiger charge is 2.30. The van der Waals surface area contributed by atoms with Crippen molar-refractivity contribution >= 4 is 109 Å². The topological polar surface area (TPSA) is 88.7 Å². The van der Waals surface area contributed by atoms with E-state index in [1.54, 1.807) is 6.07 Å². The van der Waals surface area contributed by atoms with E-state index in [0.717, 1.165) is 109 Å². The number of benzene rings is 9. The van der Waals surface area contributed by atoms with Crippen LogP contribution in [0.5, 0.6) is 0 Å². The molecule has 0 aliphatic carbocycles. The van der Waals surface area contributed by atoms with Crippen molar-refractivity contribution in [1.29, 1.82) is 10.5 Å². The average molecular weight is 804 g/mol. The summed E-state index contributed by atoms with van der Waals surface area (Å²) in [4.78, 5) is 0. The SMILES string of the molecule is N#Cc1cc(C#N)c(-n2c3ccccc3c3cc4c(cc32)oc2ccccc24)c(-n2c3ccccc3c3ccccc32)c1-n1c2ccccc2c2cc3c(cc21)oc1ccccc13. The number of fused-ring (bicyclic) bond motifs is 15. The van der Waals surface area contributed by atoms with Gasteiger partial charge in [-0.15, -0.1) is 0 Å². The summed E-state index contributed by atoms with van der Waals surface area (Å²) in [5, 5.41) is 33.2. The summed E-state index contributed by atoms with van der Waals surface area (Å²) in [6, 6.07) is 65.3. The summed E-state index contributed by atoms with van der Waals surface area (Å²) in [5.74, 6) is 0. The van der Waals surface area contributed by atoms with Gasteiger partial charge in [-0.3, -0.25) is 0 Å². The van der Waals surface area contributed by atoms with E-state index in [9.17, 15) is 10.5 Å². The molecule has 0 aliphatic heterocycles. The zero-order valence-corrected chi connectivity index (χ0v) is 33.3. The molecule has 14 rings (SSSR count). The Morgan fingerprint density at radius 3 is 1.02 bits per heavy atom. The van der Waals surface area contributed by atoms with Crippen molar-refractivity contribution < 1.29 is 8.83 Å². The minimum Gasteiger partial charge on any atom is -0.456 e. The molecule has 0 amide bonds. The van der Waals surface area contributed by atoms with E-state index in [1.165, 1.54) is 0 Å². The number of para-hydroxylation sites is 6. The largest absolute Gasteiger partial charge is 0.456 e. The van der Waals surface area contributed by atoms with E-state index in [0.29, 0.717) is 28.2 Å². The molecule has 0 radical (unpaired) electrons. The Labute approximate surface area is 357 Å². The van der Waals surface area contributed by atoms with Crippen molar-refractivity contribution in [2.24, 2.45) is 0 Å². The van der Waals surface area contributed by atoms with Crippen LogP contribution in [0.3, 0.4) is 0 Å². The zero-order valence-electron chi connectivity index (χ0n) is 33.3. The fourth-order valence-electron chi connectivity index (χ4n) is 10.5. The minimum atomic E-state index is 0.361. The van der Waals surface area contributed by atoms with Crippen molar-refractivity contribution in [3.8, 4) is 29.2 Å². The molecule has 0 unspecified atom stereocenters. The normalized spacial score (nSPS) is 12.1. The molecule has 0 saturated carbocycles. The van der Waals surface area contributed by atoms with E-state index < -0.39 is 0 Å². The molecular formula is C56H29N5O2. The van der Waals surface area contributed by atoms with Gasteiger partial charge in [-0.25, -0.2) is 0 Å². The van der Waals surface area contributed by atoms with Gasteiger partial charge in [0.05, 0.1) is 61.3 Å². The highest BCUT2D eigenvalue weighted by atomic mass is 16.3. The van der Waals surface area contributed by atoms with E-state index in [4.69, 9.17) is 8.83 Å². The number of furan rings is 2. The lowest BCUT2D eigenvalue weighted by Crippen LogP contribution is -2.13. The molecule has 14 aromatic rings. The molecule has 0 saturated heterocycles. The van der Waals surface area contributed by atoms with Crippen LogP contribution in [0.15, 0.2) is 185 Å². The fourth-order valence-corrected chi connectivity index (χ4v) is 10.5. The van der Waals surface area contributed by atoms with Gasteiger partial charge < -0.3 is 22.5 Å². The lowest BCUT2D eigenvalue weighted by Gasteiger charge is -2.24. The molecule has 0 fully saturated rings. The summed E-state index contributed by atoms with van der Waals surface area (Å²) in [6.45, 7) is 0. The van der Waals surface area contributed by atoms with E-state index in [-0.39, 0.29) is 0 Å². The smallest absolute Gasteiger partial charge is 0.137 e. The Morgan fingerprint density at radius 2 is 0.619 bits per heavy atom. The second-order valence-electron chi connectivity index (χ2n) is 16.2. The van der Waals surface area contributed by atoms with Crippen LogP contribution < -0.4 is 0 Å².